The molecule has 0 aliphatic carbocycles. The van der Waals surface area contributed by atoms with Crippen LogP contribution in [0.25, 0.3) is 11.1 Å². The van der Waals surface area contributed by atoms with Crippen LogP contribution in [0.15, 0.2) is 60.7 Å². The second-order valence-corrected chi connectivity index (χ2v) is 9.59. The van der Waals surface area contributed by atoms with Gasteiger partial charge in [-0.15, -0.1) is 0 Å². The summed E-state index contributed by atoms with van der Waals surface area (Å²) in [7, 11) is 0. The fourth-order valence-electron chi connectivity index (χ4n) is 3.99. The average molecular weight is 565 g/mol. The molecule has 0 aromatic heterocycles. The summed E-state index contributed by atoms with van der Waals surface area (Å²) >= 11 is 0. The highest BCUT2D eigenvalue weighted by Crippen LogP contribution is 2.34. The normalized spacial score (nSPS) is 12.2. The first-order chi connectivity index (χ1) is 18.8. The molecule has 0 aliphatic rings. The third-order valence-corrected chi connectivity index (χ3v) is 5.88. The molecule has 3 N–H and O–H groups in total. The van der Waals surface area contributed by atoms with E-state index in [-0.39, 0.29) is 48.4 Å². The van der Waals surface area contributed by atoms with E-state index < -0.39 is 35.3 Å². The number of alkyl halides is 3. The highest BCUT2D eigenvalue weighted by molar-refractivity contribution is 5.94. The molecule has 0 aliphatic heterocycles. The van der Waals surface area contributed by atoms with Crippen LogP contribution >= 0.6 is 0 Å². The number of anilines is 1. The standard InChI is InChI=1S/C29H29F5N2O4/c1-17(2)13-21(36-20-6-3-18(4-7-20)28(39)35-12-11-27(37)38)16-40-22-8-10-24(26(31)15-22)23-9-5-19(14-25(23)30)29(32,33)34/h3-10,14-15,17,21,36H,11-13,16H2,1-2H3,(H,35,39)(H,37,38)/t21-/m0/s1. The molecule has 214 valence electrons. The molecular weight excluding hydrogens is 535 g/mol. The number of carbonyl (C=O) groups excluding carboxylic acids is 1. The van der Waals surface area contributed by atoms with Crippen LogP contribution in [0.5, 0.6) is 5.75 Å². The van der Waals surface area contributed by atoms with Crippen molar-refractivity contribution in [2.24, 2.45) is 5.92 Å². The van der Waals surface area contributed by atoms with Gasteiger partial charge in [-0.25, -0.2) is 8.78 Å². The zero-order chi connectivity index (χ0) is 29.4. The molecule has 0 unspecified atom stereocenters. The Hall–Kier alpha value is -4.15. The van der Waals surface area contributed by atoms with Crippen molar-refractivity contribution in [3.8, 4) is 16.9 Å². The minimum atomic E-state index is -4.71. The summed E-state index contributed by atoms with van der Waals surface area (Å²) in [5.74, 6) is -2.99. The van der Waals surface area contributed by atoms with E-state index in [0.717, 1.165) is 12.1 Å². The number of rotatable bonds is 12. The Balaban J connectivity index is 1.65. The Morgan fingerprint density at radius 1 is 0.925 bits per heavy atom. The third kappa shape index (κ3) is 8.69. The monoisotopic (exact) mass is 564 g/mol. The van der Waals surface area contributed by atoms with Crippen LogP contribution in [0.1, 0.15) is 42.6 Å². The van der Waals surface area contributed by atoms with Gasteiger partial charge in [-0.2, -0.15) is 13.2 Å². The second-order valence-electron chi connectivity index (χ2n) is 9.59. The van der Waals surface area contributed by atoms with Crippen LogP contribution in [0.2, 0.25) is 0 Å². The van der Waals surface area contributed by atoms with Crippen molar-refractivity contribution in [1.29, 1.82) is 0 Å². The summed E-state index contributed by atoms with van der Waals surface area (Å²) in [5, 5.41) is 14.5. The summed E-state index contributed by atoms with van der Waals surface area (Å²) in [6.07, 6.45) is -4.20. The topological polar surface area (TPSA) is 87.7 Å². The van der Waals surface area contributed by atoms with Crippen LogP contribution in [0.4, 0.5) is 27.6 Å². The zero-order valence-corrected chi connectivity index (χ0v) is 21.8. The summed E-state index contributed by atoms with van der Waals surface area (Å²) in [4.78, 5) is 22.7. The lowest BCUT2D eigenvalue weighted by atomic mass is 10.0. The fraction of sp³-hybridized carbons (Fsp3) is 0.310. The fourth-order valence-corrected chi connectivity index (χ4v) is 3.99. The quantitative estimate of drug-likeness (QED) is 0.212. The molecule has 0 saturated carbocycles. The van der Waals surface area contributed by atoms with E-state index in [1.165, 1.54) is 12.1 Å². The van der Waals surface area contributed by atoms with Crippen molar-refractivity contribution >= 4 is 17.6 Å². The van der Waals surface area contributed by atoms with E-state index in [1.54, 1.807) is 24.3 Å². The van der Waals surface area contributed by atoms with Crippen molar-refractivity contribution in [3.63, 3.8) is 0 Å². The van der Waals surface area contributed by atoms with Crippen molar-refractivity contribution < 1.29 is 41.4 Å². The minimum absolute atomic E-state index is 0.0167. The number of ether oxygens (including phenoxy) is 1. The van der Waals surface area contributed by atoms with E-state index in [2.05, 4.69) is 10.6 Å². The molecule has 40 heavy (non-hydrogen) atoms. The number of carbonyl (C=O) groups is 2. The lowest BCUT2D eigenvalue weighted by molar-refractivity contribution is -0.138. The molecule has 1 atom stereocenters. The number of benzene rings is 3. The number of hydrogen-bond acceptors (Lipinski definition) is 4. The molecule has 0 heterocycles. The lowest BCUT2D eigenvalue weighted by Crippen LogP contribution is -2.29. The molecule has 0 fully saturated rings. The summed E-state index contributed by atoms with van der Waals surface area (Å²) in [6.45, 7) is 4.20. The molecule has 3 aromatic carbocycles. The van der Waals surface area contributed by atoms with Crippen molar-refractivity contribution in [2.75, 3.05) is 18.5 Å². The number of carboxylic acids is 1. The van der Waals surface area contributed by atoms with Gasteiger partial charge in [0.25, 0.3) is 5.91 Å². The van der Waals surface area contributed by atoms with Gasteiger partial charge in [0.15, 0.2) is 0 Å². The first-order valence-corrected chi connectivity index (χ1v) is 12.5. The molecule has 0 spiro atoms. The first-order valence-electron chi connectivity index (χ1n) is 12.5. The maximum atomic E-state index is 14.8. The number of aliphatic carboxylic acids is 1. The predicted octanol–water partition coefficient (Wildman–Crippen LogP) is 6.76. The van der Waals surface area contributed by atoms with E-state index >= 15 is 0 Å². The molecule has 0 saturated heterocycles. The van der Waals surface area contributed by atoms with Crippen LogP contribution in [0, 0.1) is 17.6 Å². The third-order valence-electron chi connectivity index (χ3n) is 5.88. The smallest absolute Gasteiger partial charge is 0.416 e. The predicted molar refractivity (Wildman–Crippen MR) is 140 cm³/mol. The van der Waals surface area contributed by atoms with Crippen LogP contribution < -0.4 is 15.4 Å². The summed E-state index contributed by atoms with van der Waals surface area (Å²) < 4.78 is 73.4. The van der Waals surface area contributed by atoms with E-state index in [9.17, 15) is 31.5 Å². The molecule has 0 bridgehead atoms. The SMILES string of the molecule is CC(C)C[C@@H](COc1ccc(-c2ccc(C(F)(F)F)cc2F)c(F)c1)Nc1ccc(C(=O)NCCC(=O)O)cc1. The lowest BCUT2D eigenvalue weighted by Gasteiger charge is -2.22. The molecule has 6 nitrogen and oxygen atoms in total. The van der Waals surface area contributed by atoms with Gasteiger partial charge >= 0.3 is 12.1 Å². The van der Waals surface area contributed by atoms with Gasteiger partial charge in [0.05, 0.1) is 18.0 Å². The second kappa shape index (κ2) is 13.3. The molecule has 11 heteroatoms. The van der Waals surface area contributed by atoms with Gasteiger partial charge in [-0.3, -0.25) is 9.59 Å². The van der Waals surface area contributed by atoms with Crippen molar-refractivity contribution in [2.45, 2.75) is 38.9 Å². The Kier molecular flexibility index (Phi) is 10.1. The van der Waals surface area contributed by atoms with E-state index in [0.29, 0.717) is 29.8 Å². The van der Waals surface area contributed by atoms with Crippen LogP contribution in [-0.2, 0) is 11.0 Å². The van der Waals surface area contributed by atoms with Gasteiger partial charge in [0.1, 0.15) is 24.0 Å². The highest BCUT2D eigenvalue weighted by atomic mass is 19.4. The Labute approximate surface area is 228 Å². The van der Waals surface area contributed by atoms with Crippen LogP contribution in [-0.4, -0.2) is 36.2 Å². The number of nitrogens with one attached hydrogen (secondary N) is 2. The average Bonchev–Trinajstić information content (AvgIpc) is 2.87. The van der Waals surface area contributed by atoms with E-state index in [1.807, 2.05) is 13.8 Å². The summed E-state index contributed by atoms with van der Waals surface area (Å²) in [5.41, 5.74) is -0.576. The number of halogens is 5. The molecular formula is C29H29F5N2O4. The van der Waals surface area contributed by atoms with Crippen molar-refractivity contribution in [1.82, 2.24) is 5.32 Å². The van der Waals surface area contributed by atoms with Gasteiger partial charge in [-0.05, 0) is 60.9 Å². The van der Waals surface area contributed by atoms with Crippen LogP contribution in [0.3, 0.4) is 0 Å². The highest BCUT2D eigenvalue weighted by Gasteiger charge is 2.31. The maximum Gasteiger partial charge on any atom is 0.416 e. The molecule has 3 aromatic rings. The van der Waals surface area contributed by atoms with Gasteiger partial charge < -0.3 is 20.5 Å². The van der Waals surface area contributed by atoms with Crippen molar-refractivity contribution in [3.05, 3.63) is 83.4 Å². The molecule has 1 amide bonds. The van der Waals surface area contributed by atoms with Gasteiger partial charge in [0.2, 0.25) is 0 Å². The summed E-state index contributed by atoms with van der Waals surface area (Å²) in [6, 6.07) is 12.0. The number of amides is 1. The Morgan fingerprint density at radius 3 is 2.10 bits per heavy atom. The largest absolute Gasteiger partial charge is 0.491 e. The van der Waals surface area contributed by atoms with E-state index in [4.69, 9.17) is 9.84 Å². The number of carboxylic acid groups (broad SMARTS) is 1. The zero-order valence-electron chi connectivity index (χ0n) is 21.8. The minimum Gasteiger partial charge on any atom is -0.491 e. The maximum absolute atomic E-state index is 14.8. The Bertz CT molecular complexity index is 1330. The molecule has 0 radical (unpaired) electrons. The Morgan fingerprint density at radius 2 is 1.55 bits per heavy atom. The number of hydrogen-bond donors (Lipinski definition) is 3. The first kappa shape index (κ1) is 30.4. The van der Waals surface area contributed by atoms with Gasteiger partial charge in [-0.1, -0.05) is 19.9 Å². The van der Waals surface area contributed by atoms with Gasteiger partial charge in [0, 0.05) is 35.0 Å². The molecule has 3 rings (SSSR count).